The van der Waals surface area contributed by atoms with Gasteiger partial charge in [0, 0.05) is 17.8 Å². The van der Waals surface area contributed by atoms with Crippen LogP contribution in [0.2, 0.25) is 0 Å². The first kappa shape index (κ1) is 9.45. The molecule has 0 saturated carbocycles. The first-order chi connectivity index (χ1) is 7.25. The fraction of sp³-hybridized carbons (Fsp3) is 0.0909. The number of nitrogens with zero attached hydrogens (tertiary/aromatic N) is 2. The zero-order chi connectivity index (χ0) is 10.7. The van der Waals surface area contributed by atoms with Crippen LogP contribution in [0.5, 0.6) is 11.8 Å². The summed E-state index contributed by atoms with van der Waals surface area (Å²) in [4.78, 5) is 8.13. The number of anilines is 1. The Morgan fingerprint density at radius 1 is 1.20 bits per heavy atom. The Kier molecular flexibility index (Phi) is 2.49. The highest BCUT2D eigenvalue weighted by molar-refractivity contribution is 5.37. The Bertz CT molecular complexity index is 454. The van der Waals surface area contributed by atoms with E-state index in [9.17, 15) is 0 Å². The molecule has 2 rings (SSSR count). The van der Waals surface area contributed by atoms with Crippen molar-refractivity contribution in [2.45, 2.75) is 6.92 Å². The minimum absolute atomic E-state index is 0.492. The molecule has 0 aliphatic carbocycles. The third-order valence-electron chi connectivity index (χ3n) is 1.92. The van der Waals surface area contributed by atoms with E-state index in [2.05, 4.69) is 9.97 Å². The van der Waals surface area contributed by atoms with Crippen LogP contribution >= 0.6 is 0 Å². The molecular formula is C11H11N3O. The van der Waals surface area contributed by atoms with Gasteiger partial charge in [-0.25, -0.2) is 9.97 Å². The van der Waals surface area contributed by atoms with Crippen molar-refractivity contribution in [1.82, 2.24) is 9.97 Å². The predicted octanol–water partition coefficient (Wildman–Crippen LogP) is 2.16. The number of aromatic nitrogens is 2. The van der Waals surface area contributed by atoms with E-state index in [1.165, 1.54) is 0 Å². The minimum Gasteiger partial charge on any atom is -0.420 e. The lowest BCUT2D eigenvalue weighted by Gasteiger charge is -2.05. The van der Waals surface area contributed by atoms with Crippen molar-refractivity contribution in [2.24, 2.45) is 0 Å². The van der Waals surface area contributed by atoms with Gasteiger partial charge in [0.15, 0.2) is 0 Å². The van der Waals surface area contributed by atoms with E-state index in [0.717, 1.165) is 5.56 Å². The molecule has 0 spiro atoms. The number of hydrogen-bond acceptors (Lipinski definition) is 4. The average Bonchev–Trinajstić information content (AvgIpc) is 2.25. The van der Waals surface area contributed by atoms with Gasteiger partial charge in [0.1, 0.15) is 0 Å². The topological polar surface area (TPSA) is 61.0 Å². The fourth-order valence-electron chi connectivity index (χ4n) is 1.13. The largest absolute Gasteiger partial charge is 0.420 e. The first-order valence-corrected chi connectivity index (χ1v) is 4.57. The van der Waals surface area contributed by atoms with Crippen LogP contribution < -0.4 is 10.5 Å². The van der Waals surface area contributed by atoms with Crippen molar-refractivity contribution in [3.05, 3.63) is 42.2 Å². The van der Waals surface area contributed by atoms with Gasteiger partial charge in [0.05, 0.1) is 11.9 Å². The molecule has 0 aliphatic rings. The van der Waals surface area contributed by atoms with Gasteiger partial charge in [0.2, 0.25) is 11.8 Å². The average molecular weight is 201 g/mol. The van der Waals surface area contributed by atoms with Gasteiger partial charge in [-0.1, -0.05) is 6.07 Å². The van der Waals surface area contributed by atoms with Crippen LogP contribution in [-0.4, -0.2) is 9.97 Å². The molecule has 2 heterocycles. The summed E-state index contributed by atoms with van der Waals surface area (Å²) in [6.07, 6.45) is 3.23. The van der Waals surface area contributed by atoms with Gasteiger partial charge in [-0.2, -0.15) is 0 Å². The summed E-state index contributed by atoms with van der Waals surface area (Å²) in [7, 11) is 0. The molecule has 2 aromatic heterocycles. The van der Waals surface area contributed by atoms with Crippen molar-refractivity contribution in [1.29, 1.82) is 0 Å². The number of rotatable bonds is 2. The Morgan fingerprint density at radius 2 is 2.07 bits per heavy atom. The molecule has 0 radical (unpaired) electrons. The van der Waals surface area contributed by atoms with Crippen molar-refractivity contribution < 1.29 is 4.74 Å². The number of aryl methyl sites for hydroxylation is 1. The number of pyridine rings is 2. The number of ether oxygens (including phenoxy) is 1. The quantitative estimate of drug-likeness (QED) is 0.808. The molecule has 15 heavy (non-hydrogen) atoms. The van der Waals surface area contributed by atoms with Gasteiger partial charge in [-0.3, -0.25) is 0 Å². The van der Waals surface area contributed by atoms with Crippen LogP contribution in [-0.2, 0) is 0 Å². The van der Waals surface area contributed by atoms with Gasteiger partial charge in [0.25, 0.3) is 0 Å². The second-order valence-electron chi connectivity index (χ2n) is 3.16. The fourth-order valence-corrected chi connectivity index (χ4v) is 1.13. The number of nitrogen functional groups attached to an aromatic ring is 1. The summed E-state index contributed by atoms with van der Waals surface area (Å²) in [6.45, 7) is 1.93. The zero-order valence-electron chi connectivity index (χ0n) is 8.34. The molecule has 76 valence electrons. The lowest BCUT2D eigenvalue weighted by Crippen LogP contribution is -1.93. The lowest BCUT2D eigenvalue weighted by atomic mass is 10.3. The van der Waals surface area contributed by atoms with Gasteiger partial charge in [-0.15, -0.1) is 0 Å². The molecule has 0 fully saturated rings. The van der Waals surface area contributed by atoms with Gasteiger partial charge >= 0.3 is 0 Å². The van der Waals surface area contributed by atoms with Gasteiger partial charge in [-0.05, 0) is 19.1 Å². The van der Waals surface area contributed by atoms with Gasteiger partial charge < -0.3 is 10.5 Å². The molecule has 0 aromatic carbocycles. The molecule has 0 aliphatic heterocycles. The molecule has 0 saturated heterocycles. The zero-order valence-corrected chi connectivity index (χ0v) is 8.34. The van der Waals surface area contributed by atoms with E-state index >= 15 is 0 Å². The second kappa shape index (κ2) is 3.96. The summed E-state index contributed by atoms with van der Waals surface area (Å²) in [5.41, 5.74) is 7.10. The molecule has 0 atom stereocenters. The smallest absolute Gasteiger partial charge is 0.224 e. The Balaban J connectivity index is 2.22. The molecule has 4 heteroatoms. The minimum atomic E-state index is 0.492. The molecule has 4 nitrogen and oxygen atoms in total. The number of hydrogen-bond donors (Lipinski definition) is 1. The molecule has 0 amide bonds. The maximum Gasteiger partial charge on any atom is 0.224 e. The van der Waals surface area contributed by atoms with Crippen LogP contribution in [0.25, 0.3) is 0 Å². The van der Waals surface area contributed by atoms with E-state index in [0.29, 0.717) is 17.4 Å². The van der Waals surface area contributed by atoms with Crippen LogP contribution in [0.3, 0.4) is 0 Å². The molecule has 0 bridgehead atoms. The maximum absolute atomic E-state index is 5.52. The van der Waals surface area contributed by atoms with Crippen LogP contribution in [0, 0.1) is 6.92 Å². The SMILES string of the molecule is Cc1cccnc1Oc1ccc(N)cn1. The van der Waals surface area contributed by atoms with Crippen LogP contribution in [0.1, 0.15) is 5.56 Å². The predicted molar refractivity (Wildman–Crippen MR) is 57.7 cm³/mol. The summed E-state index contributed by atoms with van der Waals surface area (Å²) in [6, 6.07) is 7.24. The summed E-state index contributed by atoms with van der Waals surface area (Å²) in [5, 5.41) is 0. The molecular weight excluding hydrogens is 190 g/mol. The molecule has 2 N–H and O–H groups in total. The number of nitrogens with two attached hydrogens (primary N) is 1. The highest BCUT2D eigenvalue weighted by atomic mass is 16.5. The monoisotopic (exact) mass is 201 g/mol. The second-order valence-corrected chi connectivity index (χ2v) is 3.16. The van der Waals surface area contributed by atoms with Crippen LogP contribution in [0.4, 0.5) is 5.69 Å². The van der Waals surface area contributed by atoms with E-state index in [4.69, 9.17) is 10.5 Å². The third-order valence-corrected chi connectivity index (χ3v) is 1.92. The van der Waals surface area contributed by atoms with Crippen LogP contribution in [0.15, 0.2) is 36.7 Å². The Hall–Kier alpha value is -2.10. The van der Waals surface area contributed by atoms with E-state index in [-0.39, 0.29) is 0 Å². The van der Waals surface area contributed by atoms with E-state index in [1.807, 2.05) is 19.1 Å². The van der Waals surface area contributed by atoms with Crippen molar-refractivity contribution in [3.8, 4) is 11.8 Å². The summed E-state index contributed by atoms with van der Waals surface area (Å²) < 4.78 is 5.49. The lowest BCUT2D eigenvalue weighted by molar-refractivity contribution is 0.441. The van der Waals surface area contributed by atoms with E-state index < -0.39 is 0 Å². The van der Waals surface area contributed by atoms with Crippen molar-refractivity contribution in [3.63, 3.8) is 0 Å². The van der Waals surface area contributed by atoms with Crippen molar-refractivity contribution >= 4 is 5.69 Å². The van der Waals surface area contributed by atoms with E-state index in [1.54, 1.807) is 24.5 Å². The molecule has 2 aromatic rings. The summed E-state index contributed by atoms with van der Waals surface area (Å²) in [5.74, 6) is 1.06. The Labute approximate surface area is 87.7 Å². The molecule has 0 unspecified atom stereocenters. The van der Waals surface area contributed by atoms with Crippen molar-refractivity contribution in [2.75, 3.05) is 5.73 Å². The highest BCUT2D eigenvalue weighted by Gasteiger charge is 2.02. The third kappa shape index (κ3) is 2.22. The Morgan fingerprint density at radius 3 is 2.73 bits per heavy atom. The normalized spacial score (nSPS) is 9.93. The highest BCUT2D eigenvalue weighted by Crippen LogP contribution is 2.20. The summed E-state index contributed by atoms with van der Waals surface area (Å²) >= 11 is 0. The first-order valence-electron chi connectivity index (χ1n) is 4.57. The standard InChI is InChI=1S/C11H11N3O/c1-8-3-2-6-13-11(8)15-10-5-4-9(12)7-14-10/h2-7H,12H2,1H3. The maximum atomic E-state index is 5.52.